The molecule has 1 aromatic heterocycles. The van der Waals surface area contributed by atoms with Crippen LogP contribution in [-0.2, 0) is 20.7 Å². The molecule has 12 heteroatoms. The second-order valence-electron chi connectivity index (χ2n) is 9.89. The van der Waals surface area contributed by atoms with Gasteiger partial charge in [0, 0.05) is 34.9 Å². The van der Waals surface area contributed by atoms with Crippen LogP contribution < -0.4 is 31.0 Å². The molecule has 0 unspecified atom stereocenters. The Morgan fingerprint density at radius 3 is 2.49 bits per heavy atom. The van der Waals surface area contributed by atoms with Crippen molar-refractivity contribution < 1.29 is 33.7 Å². The number of aliphatic carboxylic acids is 1. The van der Waals surface area contributed by atoms with Crippen LogP contribution in [0.3, 0.4) is 0 Å². The van der Waals surface area contributed by atoms with E-state index < -0.39 is 36.5 Å². The number of rotatable bonds is 6. The predicted molar refractivity (Wildman–Crippen MR) is 159 cm³/mol. The highest BCUT2D eigenvalue weighted by molar-refractivity contribution is 5.90. The van der Waals surface area contributed by atoms with Crippen molar-refractivity contribution in [2.45, 2.75) is 24.9 Å². The summed E-state index contributed by atoms with van der Waals surface area (Å²) in [6.45, 7) is 0.00697. The van der Waals surface area contributed by atoms with E-state index in [2.05, 4.69) is 20.9 Å². The van der Waals surface area contributed by atoms with Gasteiger partial charge in [0.05, 0.1) is 33.3 Å². The number of methoxy groups -OCH3 is 2. The number of hydrogen-bond donors (Lipinski definition) is 5. The smallest absolute Gasteiger partial charge is 0.411 e. The summed E-state index contributed by atoms with van der Waals surface area (Å²) in [4.78, 5) is 53.5. The molecule has 222 valence electrons. The Bertz CT molecular complexity index is 1730. The molecule has 0 aliphatic carbocycles. The quantitative estimate of drug-likeness (QED) is 0.223. The average molecular weight is 587 g/mol. The Morgan fingerprint density at radius 2 is 1.77 bits per heavy atom. The van der Waals surface area contributed by atoms with E-state index in [1.165, 1.54) is 14.2 Å². The highest BCUT2D eigenvalue weighted by Gasteiger charge is 2.28. The van der Waals surface area contributed by atoms with Crippen molar-refractivity contribution in [1.82, 2.24) is 10.3 Å². The van der Waals surface area contributed by atoms with Crippen molar-refractivity contribution in [3.8, 4) is 11.5 Å². The topological polar surface area (TPSA) is 168 Å². The summed E-state index contributed by atoms with van der Waals surface area (Å²) in [5, 5.41) is 19.5. The van der Waals surface area contributed by atoms with E-state index in [1.807, 2.05) is 0 Å². The van der Waals surface area contributed by atoms with Crippen LogP contribution in [0.5, 0.6) is 11.5 Å². The standard InChI is InChI=1S/C31H30N4O8/c1-41-25-13-19-14-26(42-2)22(25)9-11-43-31(40)34-20-5-3-4-18(12-20)24(16-27(36)37)35-30(39)28(19)33-21-7-6-17-8-10-32-29(38)23(17)15-21/h3-8,10,12-15,24,28,33H,9,11,16H2,1-2H3,(H,32,38)(H,34,40)(H,35,39)(H,36,37)/t24-,28-/m1/s1. The molecule has 43 heavy (non-hydrogen) atoms. The van der Waals surface area contributed by atoms with Gasteiger partial charge in [-0.1, -0.05) is 18.2 Å². The number of anilines is 2. The van der Waals surface area contributed by atoms with Crippen LogP contribution >= 0.6 is 0 Å². The lowest BCUT2D eigenvalue weighted by Crippen LogP contribution is -2.37. The first kappa shape index (κ1) is 29.0. The van der Waals surface area contributed by atoms with Crippen molar-refractivity contribution in [3.63, 3.8) is 0 Å². The molecule has 6 rings (SSSR count). The van der Waals surface area contributed by atoms with E-state index in [0.717, 1.165) is 5.39 Å². The van der Waals surface area contributed by atoms with Crippen molar-refractivity contribution in [1.29, 1.82) is 0 Å². The fraction of sp³-hybridized carbons (Fsp3) is 0.226. The van der Waals surface area contributed by atoms with E-state index >= 15 is 0 Å². The third-order valence-corrected chi connectivity index (χ3v) is 7.13. The number of carboxylic acid groups (broad SMARTS) is 1. The Kier molecular flexibility index (Phi) is 8.46. The number of hydrogen-bond acceptors (Lipinski definition) is 8. The fourth-order valence-corrected chi connectivity index (χ4v) is 5.07. The highest BCUT2D eigenvalue weighted by atomic mass is 16.5. The maximum atomic E-state index is 14.1. The third-order valence-electron chi connectivity index (χ3n) is 7.13. The van der Waals surface area contributed by atoms with Crippen molar-refractivity contribution in [2.24, 2.45) is 0 Å². The van der Waals surface area contributed by atoms with Gasteiger partial charge in [0.2, 0.25) is 5.91 Å². The molecule has 0 fully saturated rings. The van der Waals surface area contributed by atoms with Gasteiger partial charge in [0.25, 0.3) is 5.56 Å². The maximum absolute atomic E-state index is 14.1. The molecule has 0 radical (unpaired) electrons. The number of amides is 2. The minimum Gasteiger partial charge on any atom is -0.496 e. The molecular weight excluding hydrogens is 556 g/mol. The molecular formula is C31H30N4O8. The lowest BCUT2D eigenvalue weighted by molar-refractivity contribution is -0.137. The first-order valence-electron chi connectivity index (χ1n) is 13.4. The normalized spacial score (nSPS) is 17.0. The van der Waals surface area contributed by atoms with Crippen LogP contribution in [0.4, 0.5) is 16.2 Å². The SMILES string of the molecule is COc1cc2cc(OC)c1CCOC(=O)Nc1cccc(c1)[C@@H](CC(=O)O)NC(=O)[C@@H]2Nc1ccc2cc[nH]c(=O)c2c1. The first-order chi connectivity index (χ1) is 20.7. The zero-order valence-corrected chi connectivity index (χ0v) is 23.4. The largest absolute Gasteiger partial charge is 0.496 e. The molecule has 2 aliphatic rings. The van der Waals surface area contributed by atoms with E-state index in [4.69, 9.17) is 14.2 Å². The highest BCUT2D eigenvalue weighted by Crippen LogP contribution is 2.35. The predicted octanol–water partition coefficient (Wildman–Crippen LogP) is 4.14. The van der Waals surface area contributed by atoms with Gasteiger partial charge in [-0.2, -0.15) is 0 Å². The van der Waals surface area contributed by atoms with Crippen LogP contribution in [0.2, 0.25) is 0 Å². The second kappa shape index (κ2) is 12.6. The number of carbonyl (C=O) groups is 3. The van der Waals surface area contributed by atoms with Gasteiger partial charge in [-0.25, -0.2) is 4.79 Å². The number of aromatic nitrogens is 1. The summed E-state index contributed by atoms with van der Waals surface area (Å²) in [5.41, 5.74) is 2.10. The van der Waals surface area contributed by atoms with Gasteiger partial charge in [0.1, 0.15) is 17.5 Å². The summed E-state index contributed by atoms with van der Waals surface area (Å²) < 4.78 is 16.7. The molecule has 2 atom stereocenters. The lowest BCUT2D eigenvalue weighted by Gasteiger charge is -2.26. The monoisotopic (exact) mass is 586 g/mol. The maximum Gasteiger partial charge on any atom is 0.411 e. The Balaban J connectivity index is 1.64. The summed E-state index contributed by atoms with van der Waals surface area (Å²) in [5.74, 6) is -0.891. The second-order valence-corrected chi connectivity index (χ2v) is 9.89. The number of pyridine rings is 1. The summed E-state index contributed by atoms with van der Waals surface area (Å²) in [6.07, 6.45) is 0.694. The van der Waals surface area contributed by atoms with Crippen LogP contribution in [0.1, 0.15) is 35.2 Å². The fourth-order valence-electron chi connectivity index (χ4n) is 5.07. The first-order valence-corrected chi connectivity index (χ1v) is 13.4. The average Bonchev–Trinajstić information content (AvgIpc) is 2.99. The van der Waals surface area contributed by atoms with E-state index in [-0.39, 0.29) is 18.6 Å². The zero-order valence-electron chi connectivity index (χ0n) is 23.4. The van der Waals surface area contributed by atoms with Crippen LogP contribution in [0.15, 0.2) is 71.7 Å². The number of ether oxygens (including phenoxy) is 3. The lowest BCUT2D eigenvalue weighted by atomic mass is 9.98. The van der Waals surface area contributed by atoms with Gasteiger partial charge in [-0.05, 0) is 59.0 Å². The number of fused-ring (bicyclic) bond motifs is 10. The van der Waals surface area contributed by atoms with Crippen molar-refractivity contribution in [3.05, 3.63) is 93.9 Å². The molecule has 4 bridgehead atoms. The molecule has 0 spiro atoms. The molecule has 0 saturated heterocycles. The molecule has 0 saturated carbocycles. The zero-order chi connectivity index (χ0) is 30.5. The molecule has 2 aliphatic heterocycles. The Morgan fingerprint density at radius 1 is 1.00 bits per heavy atom. The van der Waals surface area contributed by atoms with Crippen molar-refractivity contribution in [2.75, 3.05) is 31.5 Å². The van der Waals surface area contributed by atoms with Crippen LogP contribution in [0.25, 0.3) is 10.8 Å². The summed E-state index contributed by atoms with van der Waals surface area (Å²) >= 11 is 0. The van der Waals surface area contributed by atoms with Gasteiger partial charge < -0.3 is 34.9 Å². The van der Waals surface area contributed by atoms with Gasteiger partial charge in [0.15, 0.2) is 0 Å². The number of carbonyl (C=O) groups excluding carboxylic acids is 2. The molecule has 2 amide bonds. The molecule has 3 aromatic carbocycles. The Hall–Kier alpha value is -5.52. The third kappa shape index (κ3) is 6.53. The van der Waals surface area contributed by atoms with E-state index in [1.54, 1.807) is 66.9 Å². The Labute approximate surface area is 246 Å². The van der Waals surface area contributed by atoms with E-state index in [0.29, 0.717) is 45.0 Å². The van der Waals surface area contributed by atoms with Gasteiger partial charge in [-0.3, -0.25) is 19.7 Å². The molecule has 4 aromatic rings. The minimum atomic E-state index is -1.14. The molecule has 3 heterocycles. The molecule has 12 nitrogen and oxygen atoms in total. The molecule has 5 N–H and O–H groups in total. The summed E-state index contributed by atoms with van der Waals surface area (Å²) in [6, 6.07) is 14.7. The number of aromatic amines is 1. The number of carboxylic acids is 1. The van der Waals surface area contributed by atoms with Crippen LogP contribution in [-0.4, -0.2) is 48.9 Å². The minimum absolute atomic E-state index is 0.00697. The van der Waals surface area contributed by atoms with E-state index in [9.17, 15) is 24.3 Å². The van der Waals surface area contributed by atoms with Crippen LogP contribution in [0, 0.1) is 0 Å². The summed E-state index contributed by atoms with van der Waals surface area (Å²) in [7, 11) is 2.95. The number of nitrogens with one attached hydrogen (secondary N) is 4. The number of benzene rings is 3. The number of H-pyrrole nitrogens is 1. The van der Waals surface area contributed by atoms with Crippen molar-refractivity contribution >= 4 is 40.1 Å². The van der Waals surface area contributed by atoms with Gasteiger partial charge >= 0.3 is 12.1 Å². The van der Waals surface area contributed by atoms with Gasteiger partial charge in [-0.15, -0.1) is 0 Å².